The highest BCUT2D eigenvalue weighted by Gasteiger charge is 2.35. The smallest absolute Gasteiger partial charge is 0.261 e. The van der Waals surface area contributed by atoms with Gasteiger partial charge in [0.15, 0.2) is 0 Å². The topological polar surface area (TPSA) is 78.5 Å². The molecule has 6 nitrogen and oxygen atoms in total. The van der Waals surface area contributed by atoms with Gasteiger partial charge in [0.2, 0.25) is 0 Å². The van der Waals surface area contributed by atoms with E-state index in [2.05, 4.69) is 10.6 Å². The summed E-state index contributed by atoms with van der Waals surface area (Å²) in [5, 5.41) is 6.29. The van der Waals surface area contributed by atoms with E-state index in [1.165, 1.54) is 4.90 Å². The van der Waals surface area contributed by atoms with E-state index in [9.17, 15) is 14.4 Å². The first kappa shape index (κ1) is 22.0. The monoisotopic (exact) mass is 427 g/mol. The summed E-state index contributed by atoms with van der Waals surface area (Å²) in [6.45, 7) is 2.88. The van der Waals surface area contributed by atoms with Gasteiger partial charge in [0.1, 0.15) is 0 Å². The molecule has 0 saturated carbocycles. The Balaban J connectivity index is 0.00000256. The van der Waals surface area contributed by atoms with Crippen molar-refractivity contribution in [2.75, 3.05) is 26.2 Å². The van der Waals surface area contributed by atoms with E-state index in [1.54, 1.807) is 18.2 Å². The number of amides is 3. The highest BCUT2D eigenvalue weighted by atomic mass is 35.5. The second-order valence-electron chi connectivity index (χ2n) is 7.68. The number of imide groups is 1. The Morgan fingerprint density at radius 2 is 1.83 bits per heavy atom. The van der Waals surface area contributed by atoms with E-state index in [4.69, 9.17) is 0 Å². The number of benzene rings is 2. The summed E-state index contributed by atoms with van der Waals surface area (Å²) < 4.78 is 0. The fourth-order valence-electron chi connectivity index (χ4n) is 3.96. The van der Waals surface area contributed by atoms with Crippen LogP contribution in [-0.4, -0.2) is 48.8 Å². The van der Waals surface area contributed by atoms with Crippen molar-refractivity contribution in [3.05, 3.63) is 70.8 Å². The zero-order chi connectivity index (χ0) is 20.2. The molecule has 2 aliphatic heterocycles. The van der Waals surface area contributed by atoms with Crippen LogP contribution in [0.5, 0.6) is 0 Å². The average Bonchev–Trinajstić information content (AvgIpc) is 3.01. The molecule has 2 heterocycles. The lowest BCUT2D eigenvalue weighted by atomic mass is 9.99. The first-order valence-electron chi connectivity index (χ1n) is 10.2. The number of nitrogens with zero attached hydrogens (tertiary/aromatic N) is 1. The molecule has 4 rings (SSSR count). The number of nitrogens with one attached hydrogen (secondary N) is 2. The van der Waals surface area contributed by atoms with Crippen LogP contribution in [0.15, 0.2) is 48.5 Å². The zero-order valence-corrected chi connectivity index (χ0v) is 17.5. The SMILES string of the molecule is Cl.O=C(NCC1CCCNC1)c1ccc2c(c1)C(=O)N(CCc1ccccc1)C2=O. The summed E-state index contributed by atoms with van der Waals surface area (Å²) in [5.41, 5.74) is 2.17. The van der Waals surface area contributed by atoms with Gasteiger partial charge in [0.25, 0.3) is 17.7 Å². The molecular formula is C23H26ClN3O3. The maximum absolute atomic E-state index is 12.8. The third-order valence-corrected chi connectivity index (χ3v) is 5.65. The number of halogens is 1. The molecule has 0 aromatic heterocycles. The van der Waals surface area contributed by atoms with Gasteiger partial charge in [-0.05, 0) is 62.0 Å². The van der Waals surface area contributed by atoms with Crippen LogP contribution >= 0.6 is 12.4 Å². The van der Waals surface area contributed by atoms with Gasteiger partial charge in [0.05, 0.1) is 11.1 Å². The molecule has 2 N–H and O–H groups in total. The molecule has 2 aromatic carbocycles. The number of fused-ring (bicyclic) bond motifs is 1. The number of rotatable bonds is 6. The van der Waals surface area contributed by atoms with Crippen molar-refractivity contribution in [1.29, 1.82) is 0 Å². The molecule has 7 heteroatoms. The number of carbonyl (C=O) groups excluding carboxylic acids is 3. The summed E-state index contributed by atoms with van der Waals surface area (Å²) >= 11 is 0. The van der Waals surface area contributed by atoms with Crippen molar-refractivity contribution in [1.82, 2.24) is 15.5 Å². The van der Waals surface area contributed by atoms with Crippen LogP contribution in [0.3, 0.4) is 0 Å². The minimum atomic E-state index is -0.327. The molecule has 30 heavy (non-hydrogen) atoms. The van der Waals surface area contributed by atoms with Gasteiger partial charge >= 0.3 is 0 Å². The van der Waals surface area contributed by atoms with E-state index in [1.807, 2.05) is 30.3 Å². The van der Waals surface area contributed by atoms with Gasteiger partial charge in [-0.25, -0.2) is 0 Å². The third-order valence-electron chi connectivity index (χ3n) is 5.65. The summed E-state index contributed by atoms with van der Waals surface area (Å²) in [6.07, 6.45) is 2.82. The van der Waals surface area contributed by atoms with Crippen molar-refractivity contribution in [3.63, 3.8) is 0 Å². The summed E-state index contributed by atoms with van der Waals surface area (Å²) in [5.74, 6) is -0.395. The highest BCUT2D eigenvalue weighted by Crippen LogP contribution is 2.24. The lowest BCUT2D eigenvalue weighted by molar-refractivity contribution is 0.0656. The molecule has 0 bridgehead atoms. The average molecular weight is 428 g/mol. The maximum atomic E-state index is 12.8. The Hall–Kier alpha value is -2.70. The second-order valence-corrected chi connectivity index (χ2v) is 7.68. The summed E-state index contributed by atoms with van der Waals surface area (Å²) in [6, 6.07) is 14.5. The van der Waals surface area contributed by atoms with Crippen LogP contribution in [0, 0.1) is 5.92 Å². The Morgan fingerprint density at radius 1 is 1.07 bits per heavy atom. The largest absolute Gasteiger partial charge is 0.352 e. The molecule has 0 spiro atoms. The van der Waals surface area contributed by atoms with Gasteiger partial charge in [-0.3, -0.25) is 19.3 Å². The van der Waals surface area contributed by atoms with Crippen molar-refractivity contribution in [2.45, 2.75) is 19.3 Å². The van der Waals surface area contributed by atoms with Crippen molar-refractivity contribution >= 4 is 30.1 Å². The van der Waals surface area contributed by atoms with Crippen LogP contribution in [0.4, 0.5) is 0 Å². The number of hydrogen-bond acceptors (Lipinski definition) is 4. The molecule has 0 aliphatic carbocycles. The number of hydrogen-bond donors (Lipinski definition) is 2. The van der Waals surface area contributed by atoms with Crippen LogP contribution in [-0.2, 0) is 6.42 Å². The van der Waals surface area contributed by atoms with Crippen LogP contribution in [0.2, 0.25) is 0 Å². The molecular weight excluding hydrogens is 402 g/mol. The van der Waals surface area contributed by atoms with Crippen LogP contribution in [0.25, 0.3) is 0 Å². The van der Waals surface area contributed by atoms with Gasteiger partial charge in [-0.15, -0.1) is 12.4 Å². The molecule has 0 radical (unpaired) electrons. The zero-order valence-electron chi connectivity index (χ0n) is 16.7. The standard InChI is InChI=1S/C23H25N3O3.ClH/c27-21(25-15-17-7-4-11-24-14-17)18-8-9-19-20(13-18)23(29)26(22(19)28)12-10-16-5-2-1-3-6-16;/h1-3,5-6,8-9,13,17,24H,4,7,10-12,14-15H2,(H,25,27);1H. The molecule has 1 atom stereocenters. The molecule has 1 saturated heterocycles. The van der Waals surface area contributed by atoms with E-state index in [0.717, 1.165) is 31.5 Å². The molecule has 1 unspecified atom stereocenters. The fourth-order valence-corrected chi connectivity index (χ4v) is 3.96. The lowest BCUT2D eigenvalue weighted by Crippen LogP contribution is -2.38. The Bertz CT molecular complexity index is 927. The Morgan fingerprint density at radius 3 is 2.57 bits per heavy atom. The quantitative estimate of drug-likeness (QED) is 0.695. The number of carbonyl (C=O) groups is 3. The van der Waals surface area contributed by atoms with Crippen LogP contribution < -0.4 is 10.6 Å². The second kappa shape index (κ2) is 9.87. The first-order valence-corrected chi connectivity index (χ1v) is 10.2. The van der Waals surface area contributed by atoms with Gasteiger partial charge < -0.3 is 10.6 Å². The van der Waals surface area contributed by atoms with E-state index in [0.29, 0.717) is 42.1 Å². The summed E-state index contributed by atoms with van der Waals surface area (Å²) in [4.78, 5) is 39.2. The van der Waals surface area contributed by atoms with Crippen molar-refractivity contribution in [2.24, 2.45) is 5.92 Å². The predicted octanol–water partition coefficient (Wildman–Crippen LogP) is 2.68. The van der Waals surface area contributed by atoms with E-state index >= 15 is 0 Å². The summed E-state index contributed by atoms with van der Waals surface area (Å²) in [7, 11) is 0. The van der Waals surface area contributed by atoms with Gasteiger partial charge in [0, 0.05) is 18.7 Å². The van der Waals surface area contributed by atoms with E-state index in [-0.39, 0.29) is 30.1 Å². The van der Waals surface area contributed by atoms with Crippen molar-refractivity contribution < 1.29 is 14.4 Å². The maximum Gasteiger partial charge on any atom is 0.261 e. The molecule has 2 aliphatic rings. The Kier molecular flexibility index (Phi) is 7.24. The highest BCUT2D eigenvalue weighted by molar-refractivity contribution is 6.22. The van der Waals surface area contributed by atoms with Crippen molar-refractivity contribution in [3.8, 4) is 0 Å². The number of piperidine rings is 1. The Labute approximate surface area is 182 Å². The van der Waals surface area contributed by atoms with Gasteiger partial charge in [-0.2, -0.15) is 0 Å². The molecule has 3 amide bonds. The first-order chi connectivity index (χ1) is 14.1. The van der Waals surface area contributed by atoms with E-state index < -0.39 is 0 Å². The molecule has 1 fully saturated rings. The minimum absolute atomic E-state index is 0. The minimum Gasteiger partial charge on any atom is -0.352 e. The predicted molar refractivity (Wildman–Crippen MR) is 117 cm³/mol. The molecule has 2 aromatic rings. The fraction of sp³-hybridized carbons (Fsp3) is 0.348. The normalized spacial score (nSPS) is 18.0. The van der Waals surface area contributed by atoms with Crippen LogP contribution in [0.1, 0.15) is 49.5 Å². The third kappa shape index (κ3) is 4.71. The molecule has 158 valence electrons. The van der Waals surface area contributed by atoms with Gasteiger partial charge in [-0.1, -0.05) is 30.3 Å². The lowest BCUT2D eigenvalue weighted by Gasteiger charge is -2.22.